The van der Waals surface area contributed by atoms with Crippen molar-refractivity contribution in [1.29, 1.82) is 0 Å². The number of fused-ring (bicyclic) bond motifs is 9. The van der Waals surface area contributed by atoms with Crippen molar-refractivity contribution in [2.45, 2.75) is 330 Å². The van der Waals surface area contributed by atoms with Crippen LogP contribution >= 0.6 is 0 Å². The molecule has 578 valence electrons. The molecule has 0 fully saturated rings. The average molecular weight is 1460 g/mol. The van der Waals surface area contributed by atoms with Crippen molar-refractivity contribution in [3.05, 3.63) is 231 Å². The monoisotopic (exact) mass is 1460 g/mol. The van der Waals surface area contributed by atoms with E-state index in [0.29, 0.717) is 0 Å². The van der Waals surface area contributed by atoms with Gasteiger partial charge in [-0.2, -0.15) is 0 Å². The van der Waals surface area contributed by atoms with E-state index in [9.17, 15) is 0 Å². The zero-order chi connectivity index (χ0) is 75.6. The summed E-state index contributed by atoms with van der Waals surface area (Å²) in [6, 6.07) is 65.4. The molecule has 0 unspecified atom stereocenters. The molecule has 9 aromatic carbocycles. The smallest absolute Gasteiger partial charge is 0.138 e. The lowest BCUT2D eigenvalue weighted by Crippen LogP contribution is -2.03. The van der Waals surface area contributed by atoms with E-state index >= 15 is 0 Å². The minimum atomic E-state index is 0.926. The summed E-state index contributed by atoms with van der Waals surface area (Å²) in [6.07, 6.45) is 57.1. The van der Waals surface area contributed by atoms with Crippen molar-refractivity contribution in [2.24, 2.45) is 0 Å². The van der Waals surface area contributed by atoms with Gasteiger partial charge in [0.2, 0.25) is 0 Å². The number of benzene rings is 9. The van der Waals surface area contributed by atoms with E-state index in [0.717, 1.165) is 86.1 Å². The van der Waals surface area contributed by atoms with E-state index in [1.54, 1.807) is 33.4 Å². The maximum absolute atomic E-state index is 5.86. The summed E-state index contributed by atoms with van der Waals surface area (Å²) in [5, 5.41) is 0. The normalized spacial score (nSPS) is 12.4. The third-order valence-electron chi connectivity index (χ3n) is 25.7. The number of H-pyrrole nitrogens is 1. The molecule has 3 aliphatic carbocycles. The van der Waals surface area contributed by atoms with Crippen molar-refractivity contribution in [1.82, 2.24) is 9.97 Å². The lowest BCUT2D eigenvalue weighted by Gasteiger charge is -2.21. The Kier molecular flexibility index (Phi) is 30.4. The summed E-state index contributed by atoms with van der Waals surface area (Å²) < 4.78 is 0. The second kappa shape index (κ2) is 41.6. The largest absolute Gasteiger partial charge is 0.337 e. The molecule has 0 radical (unpaired) electrons. The maximum atomic E-state index is 5.86. The first-order valence-electron chi connectivity index (χ1n) is 45.6. The van der Waals surface area contributed by atoms with E-state index in [2.05, 4.69) is 210 Å². The predicted octanol–water partition coefficient (Wildman–Crippen LogP) is 32.5. The number of nitrogens with one attached hydrogen (secondary N) is 1. The molecule has 2 nitrogen and oxygen atoms in total. The lowest BCUT2D eigenvalue weighted by atomic mass is 9.83. The van der Waals surface area contributed by atoms with Crippen LogP contribution in [0.1, 0.15) is 339 Å². The van der Waals surface area contributed by atoms with Gasteiger partial charge in [-0.3, -0.25) is 0 Å². The third-order valence-corrected chi connectivity index (χ3v) is 25.7. The summed E-state index contributed by atoms with van der Waals surface area (Å²) in [7, 11) is 0. The molecule has 1 aromatic heterocycles. The highest BCUT2D eigenvalue weighted by Gasteiger charge is 2.31. The number of aryl methyl sites for hydroxylation is 3. The molecule has 0 bridgehead atoms. The Bertz CT molecular complexity index is 4330. The number of rotatable bonds is 48. The van der Waals surface area contributed by atoms with Crippen molar-refractivity contribution in [3.63, 3.8) is 0 Å². The van der Waals surface area contributed by atoms with Crippen LogP contribution in [0.3, 0.4) is 0 Å². The minimum Gasteiger partial charge on any atom is -0.337 e. The Morgan fingerprint density at radius 1 is 0.245 bits per heavy atom. The van der Waals surface area contributed by atoms with Crippen molar-refractivity contribution in [3.8, 4) is 101 Å². The highest BCUT2D eigenvalue weighted by atomic mass is 14.9. The van der Waals surface area contributed by atoms with Crippen molar-refractivity contribution < 1.29 is 0 Å². The molecule has 0 amide bonds. The van der Waals surface area contributed by atoms with Crippen LogP contribution in [-0.2, 0) is 57.8 Å². The highest BCUT2D eigenvalue weighted by molar-refractivity contribution is 5.92. The van der Waals surface area contributed by atoms with Gasteiger partial charge in [-0.25, -0.2) is 4.98 Å². The second-order valence-corrected chi connectivity index (χ2v) is 33.9. The molecule has 3 aliphatic rings. The summed E-state index contributed by atoms with van der Waals surface area (Å²) >= 11 is 0. The number of hydrogen-bond donors (Lipinski definition) is 1. The van der Waals surface area contributed by atoms with Gasteiger partial charge in [0.1, 0.15) is 5.82 Å². The van der Waals surface area contributed by atoms with Crippen LogP contribution in [-0.4, -0.2) is 9.97 Å². The molecular formula is C108H136N2. The predicted molar refractivity (Wildman–Crippen MR) is 478 cm³/mol. The summed E-state index contributed by atoms with van der Waals surface area (Å²) in [6.45, 7) is 14.0. The van der Waals surface area contributed by atoms with Gasteiger partial charge in [0.25, 0.3) is 0 Å². The zero-order valence-corrected chi connectivity index (χ0v) is 69.4. The fraction of sp³-hybridized carbons (Fsp3) is 0.472. The molecule has 1 N–H and O–H groups in total. The molecule has 13 rings (SSSR count). The van der Waals surface area contributed by atoms with Gasteiger partial charge in [0.15, 0.2) is 0 Å². The fourth-order valence-electron chi connectivity index (χ4n) is 19.6. The van der Waals surface area contributed by atoms with Crippen molar-refractivity contribution in [2.75, 3.05) is 0 Å². The average Bonchev–Trinajstić information content (AvgIpc) is 1.60. The molecule has 1 heterocycles. The first-order chi connectivity index (χ1) is 54.4. The number of nitrogens with zero attached hydrogens (tertiary/aromatic N) is 1. The number of unbranched alkanes of at least 4 members (excludes halogenated alkanes) is 30. The Morgan fingerprint density at radius 3 is 0.809 bits per heavy atom. The van der Waals surface area contributed by atoms with Gasteiger partial charge in [-0.15, -0.1) is 0 Å². The number of imidazole rings is 1. The topological polar surface area (TPSA) is 28.7 Å². The first-order valence-corrected chi connectivity index (χ1v) is 45.6. The maximum Gasteiger partial charge on any atom is 0.138 e. The summed E-state index contributed by atoms with van der Waals surface area (Å²) in [4.78, 5) is 9.99. The molecular weight excluding hydrogens is 1330 g/mol. The van der Waals surface area contributed by atoms with E-state index < -0.39 is 0 Å². The van der Waals surface area contributed by atoms with Crippen LogP contribution in [0, 0.1) is 0 Å². The van der Waals surface area contributed by atoms with Gasteiger partial charge >= 0.3 is 0 Å². The fourth-order valence-corrected chi connectivity index (χ4v) is 19.6. The Hall–Kier alpha value is -7.81. The first kappa shape index (κ1) is 80.2. The van der Waals surface area contributed by atoms with Gasteiger partial charge in [-0.1, -0.05) is 398 Å². The Morgan fingerprint density at radius 2 is 0.500 bits per heavy atom. The van der Waals surface area contributed by atoms with E-state index in [1.165, 1.54) is 337 Å². The van der Waals surface area contributed by atoms with Crippen LogP contribution in [0.2, 0.25) is 0 Å². The molecule has 0 atom stereocenters. The quantitative estimate of drug-likeness (QED) is 0.0378. The van der Waals surface area contributed by atoms with E-state index in [4.69, 9.17) is 4.98 Å². The van der Waals surface area contributed by atoms with Crippen LogP contribution in [0.25, 0.3) is 101 Å². The van der Waals surface area contributed by atoms with Gasteiger partial charge in [-0.05, 0) is 230 Å². The molecule has 0 saturated carbocycles. The Balaban J connectivity index is 0.918. The highest BCUT2D eigenvalue weighted by Crippen LogP contribution is 2.50. The van der Waals surface area contributed by atoms with Crippen LogP contribution < -0.4 is 0 Å². The molecule has 0 spiro atoms. The van der Waals surface area contributed by atoms with Gasteiger partial charge in [0.05, 0.1) is 11.4 Å². The Labute approximate surface area is 667 Å². The molecule has 0 saturated heterocycles. The summed E-state index contributed by atoms with van der Waals surface area (Å²) in [5.41, 5.74) is 41.5. The second-order valence-electron chi connectivity index (χ2n) is 33.9. The SMILES string of the molecule is CCCCCCCCc1cc2c(c(-c3ccc(-c4nc(-c5ccc(-c6c(CCCCCCCC)c(CCCCCCCC)cc7c6Cc6ccccc6-7)cc5)c(-c5ccc(-c6c(CCCCCCCC)c(CCCCCCCC)cc7c6Cc6ccccc6-7)cc5)[nH]4)cc3)c1CCCCCCCC)Cc1ccccc1-2. The van der Waals surface area contributed by atoms with Crippen LogP contribution in [0.4, 0.5) is 0 Å². The standard InChI is InChI=1S/C108H136N2/c1-7-13-19-25-31-37-49-88-73-97-91-55-46-43-52-85(91)76-100(97)103(94(88)58-40-34-28-22-16-10-4)79-61-67-82(68-62-79)106-107(83-69-63-80(64-70-83)104-95(59-41-35-29-23-17-11-5)89(50-38-32-26-20-14-8-2)74-98-92-56-47-44-53-86(92)77-101(98)104)110-108(109-106)84-71-65-81(66-72-84)105-96(60-42-36-30-24-18-12-6)90(51-39-33-27-21-15-9-3)75-99-93-57-48-45-54-87(93)78-102(99)105/h43-48,52-57,61-75H,7-42,49-51,58-60,76-78H2,1-6H3,(H,109,110). The summed E-state index contributed by atoms with van der Waals surface area (Å²) in [5.74, 6) is 0.926. The van der Waals surface area contributed by atoms with Crippen LogP contribution in [0.15, 0.2) is 164 Å². The van der Waals surface area contributed by atoms with Crippen LogP contribution in [0.5, 0.6) is 0 Å². The number of hydrogen-bond acceptors (Lipinski definition) is 1. The van der Waals surface area contributed by atoms with Crippen molar-refractivity contribution >= 4 is 0 Å². The number of aromatic amines is 1. The van der Waals surface area contributed by atoms with E-state index in [1.807, 2.05) is 0 Å². The molecule has 110 heavy (non-hydrogen) atoms. The van der Waals surface area contributed by atoms with Gasteiger partial charge in [0, 0.05) is 16.7 Å². The lowest BCUT2D eigenvalue weighted by molar-refractivity contribution is 0.599. The number of aromatic nitrogens is 2. The zero-order valence-electron chi connectivity index (χ0n) is 69.4. The van der Waals surface area contributed by atoms with Gasteiger partial charge < -0.3 is 4.98 Å². The molecule has 2 heteroatoms. The van der Waals surface area contributed by atoms with E-state index in [-0.39, 0.29) is 0 Å². The minimum absolute atomic E-state index is 0.926. The third kappa shape index (κ3) is 19.8. The molecule has 0 aliphatic heterocycles. The molecule has 10 aromatic rings.